The van der Waals surface area contributed by atoms with Gasteiger partial charge in [-0.05, 0) is 30.9 Å². The van der Waals surface area contributed by atoms with E-state index in [4.69, 9.17) is 5.73 Å². The number of nitrogens with zero attached hydrogens (tertiary/aromatic N) is 1. The third-order valence-electron chi connectivity index (χ3n) is 2.93. The number of aromatic nitrogens is 1. The van der Waals surface area contributed by atoms with Crippen LogP contribution < -0.4 is 5.73 Å². The fourth-order valence-electron chi connectivity index (χ4n) is 1.82. The molecule has 3 nitrogen and oxygen atoms in total. The molecule has 0 aliphatic rings. The predicted octanol–water partition coefficient (Wildman–Crippen LogP) is 3.38. The van der Waals surface area contributed by atoms with Crippen LogP contribution in [0.25, 0.3) is 0 Å². The van der Waals surface area contributed by atoms with E-state index >= 15 is 0 Å². The van der Waals surface area contributed by atoms with Crippen LogP contribution in [0.2, 0.25) is 0 Å². The maximum Gasteiger partial charge on any atom is 0.202 e. The highest BCUT2D eigenvalue weighted by Gasteiger charge is 2.02. The Kier molecular flexibility index (Phi) is 7.96. The lowest BCUT2D eigenvalue weighted by atomic mass is 10.1. The second kappa shape index (κ2) is 9.20. The van der Waals surface area contributed by atoms with Gasteiger partial charge in [0.05, 0.1) is 17.2 Å². The standard InChI is InChI=1S/C15H18N2OS2.ClH/c1-11-17-14(10-19-11)7-6-12-2-4-13(5-3-12)9-20-15(18)8-16;/h2-5,10H,6-9,16H2,1H3;1H. The van der Waals surface area contributed by atoms with Crippen LogP contribution in [0.1, 0.15) is 21.8 Å². The van der Waals surface area contributed by atoms with Gasteiger partial charge in [0.25, 0.3) is 0 Å². The number of rotatable bonds is 6. The highest BCUT2D eigenvalue weighted by Crippen LogP contribution is 2.15. The van der Waals surface area contributed by atoms with Gasteiger partial charge in [0.1, 0.15) is 0 Å². The van der Waals surface area contributed by atoms with E-state index in [0.717, 1.165) is 23.4 Å². The molecule has 0 saturated carbocycles. The van der Waals surface area contributed by atoms with Crippen molar-refractivity contribution in [2.24, 2.45) is 5.73 Å². The molecule has 0 aliphatic carbocycles. The molecule has 21 heavy (non-hydrogen) atoms. The van der Waals surface area contributed by atoms with Crippen LogP contribution >= 0.6 is 35.5 Å². The third kappa shape index (κ3) is 6.18. The van der Waals surface area contributed by atoms with Crippen molar-refractivity contribution in [3.05, 3.63) is 51.5 Å². The van der Waals surface area contributed by atoms with Gasteiger partial charge in [0.15, 0.2) is 0 Å². The predicted molar refractivity (Wildman–Crippen MR) is 93.3 cm³/mol. The molecule has 0 unspecified atom stereocenters. The van der Waals surface area contributed by atoms with Gasteiger partial charge in [0, 0.05) is 11.1 Å². The molecule has 0 aliphatic heterocycles. The lowest BCUT2D eigenvalue weighted by molar-refractivity contribution is -0.109. The maximum absolute atomic E-state index is 11.1. The fraction of sp³-hybridized carbons (Fsp3) is 0.333. The van der Waals surface area contributed by atoms with Crippen molar-refractivity contribution in [3.8, 4) is 0 Å². The van der Waals surface area contributed by atoms with E-state index in [2.05, 4.69) is 34.6 Å². The average molecular weight is 343 g/mol. The Balaban J connectivity index is 0.00000220. The van der Waals surface area contributed by atoms with Gasteiger partial charge in [-0.15, -0.1) is 23.7 Å². The highest BCUT2D eigenvalue weighted by atomic mass is 35.5. The summed E-state index contributed by atoms with van der Waals surface area (Å²) < 4.78 is 0. The third-order valence-corrected chi connectivity index (χ3v) is 4.71. The van der Waals surface area contributed by atoms with Crippen molar-refractivity contribution in [3.63, 3.8) is 0 Å². The molecule has 1 aromatic carbocycles. The number of carbonyl (C=O) groups excluding carboxylic acids is 1. The SMILES string of the molecule is Cc1nc(CCc2ccc(CSC(=O)CN)cc2)cs1.Cl. The van der Waals surface area contributed by atoms with Gasteiger partial charge >= 0.3 is 0 Å². The lowest BCUT2D eigenvalue weighted by Crippen LogP contribution is -2.09. The van der Waals surface area contributed by atoms with Crippen molar-refractivity contribution in [1.82, 2.24) is 4.98 Å². The van der Waals surface area contributed by atoms with Gasteiger partial charge in [0.2, 0.25) is 5.12 Å². The minimum absolute atomic E-state index is 0. The molecule has 1 heterocycles. The summed E-state index contributed by atoms with van der Waals surface area (Å²) in [6, 6.07) is 8.42. The molecule has 0 spiro atoms. The Morgan fingerprint density at radius 3 is 2.48 bits per heavy atom. The van der Waals surface area contributed by atoms with Crippen LogP contribution in [-0.4, -0.2) is 16.6 Å². The summed E-state index contributed by atoms with van der Waals surface area (Å²) in [4.78, 5) is 15.6. The first kappa shape index (κ1) is 18.2. The lowest BCUT2D eigenvalue weighted by Gasteiger charge is -2.03. The highest BCUT2D eigenvalue weighted by molar-refractivity contribution is 8.13. The largest absolute Gasteiger partial charge is 0.323 e. The first-order valence-corrected chi connectivity index (χ1v) is 8.38. The molecule has 0 bridgehead atoms. The summed E-state index contributed by atoms with van der Waals surface area (Å²) >= 11 is 2.97. The molecule has 6 heteroatoms. The molecule has 0 amide bonds. The normalized spacial score (nSPS) is 10.2. The number of hydrogen-bond acceptors (Lipinski definition) is 5. The molecule has 0 fully saturated rings. The van der Waals surface area contributed by atoms with Gasteiger partial charge in [-0.3, -0.25) is 4.79 Å². The van der Waals surface area contributed by atoms with E-state index in [0.29, 0.717) is 5.75 Å². The maximum atomic E-state index is 11.1. The summed E-state index contributed by atoms with van der Waals surface area (Å²) in [6.07, 6.45) is 1.97. The quantitative estimate of drug-likeness (QED) is 0.874. The molecule has 0 saturated heterocycles. The van der Waals surface area contributed by atoms with Crippen molar-refractivity contribution >= 4 is 40.6 Å². The number of nitrogens with two attached hydrogens (primary N) is 1. The Bertz CT molecular complexity index is 569. The summed E-state index contributed by atoms with van der Waals surface area (Å²) in [6.45, 7) is 2.14. The topological polar surface area (TPSA) is 56.0 Å². The summed E-state index contributed by atoms with van der Waals surface area (Å²) in [5, 5.41) is 3.28. The molecule has 2 aromatic rings. The van der Waals surface area contributed by atoms with Crippen molar-refractivity contribution in [2.45, 2.75) is 25.5 Å². The molecule has 114 valence electrons. The molecule has 0 radical (unpaired) electrons. The Hall–Kier alpha value is -0.880. The number of thiazole rings is 1. The zero-order valence-corrected chi connectivity index (χ0v) is 14.3. The summed E-state index contributed by atoms with van der Waals surface area (Å²) in [7, 11) is 0. The van der Waals surface area contributed by atoms with Crippen LogP contribution in [0.15, 0.2) is 29.6 Å². The van der Waals surface area contributed by atoms with Crippen LogP contribution in [0, 0.1) is 6.92 Å². The van der Waals surface area contributed by atoms with Crippen molar-refractivity contribution in [2.75, 3.05) is 6.54 Å². The van der Waals surface area contributed by atoms with Crippen molar-refractivity contribution in [1.29, 1.82) is 0 Å². The van der Waals surface area contributed by atoms with E-state index in [1.165, 1.54) is 23.0 Å². The van der Waals surface area contributed by atoms with E-state index in [9.17, 15) is 4.79 Å². The van der Waals surface area contributed by atoms with E-state index < -0.39 is 0 Å². The van der Waals surface area contributed by atoms with Gasteiger partial charge in [-0.1, -0.05) is 36.0 Å². The molecular weight excluding hydrogens is 324 g/mol. The minimum Gasteiger partial charge on any atom is -0.323 e. The first-order valence-electron chi connectivity index (χ1n) is 6.52. The minimum atomic E-state index is 0. The molecule has 2 N–H and O–H groups in total. The summed E-state index contributed by atoms with van der Waals surface area (Å²) in [5.41, 5.74) is 8.91. The summed E-state index contributed by atoms with van der Waals surface area (Å²) in [5.74, 6) is 0.696. The van der Waals surface area contributed by atoms with E-state index in [-0.39, 0.29) is 24.1 Å². The number of thioether (sulfide) groups is 1. The number of hydrogen-bond donors (Lipinski definition) is 1. The number of aryl methyl sites for hydroxylation is 3. The first-order chi connectivity index (χ1) is 9.67. The number of carbonyl (C=O) groups is 1. The fourth-order valence-corrected chi connectivity index (χ4v) is 3.11. The van der Waals surface area contributed by atoms with Gasteiger partial charge in [-0.2, -0.15) is 0 Å². The Labute approximate surface area is 139 Å². The number of halogens is 1. The second-order valence-electron chi connectivity index (χ2n) is 4.54. The second-order valence-corrected chi connectivity index (χ2v) is 6.63. The van der Waals surface area contributed by atoms with Gasteiger partial charge in [-0.25, -0.2) is 4.98 Å². The van der Waals surface area contributed by atoms with Gasteiger partial charge < -0.3 is 5.73 Å². The van der Waals surface area contributed by atoms with E-state index in [1.54, 1.807) is 11.3 Å². The number of benzene rings is 1. The van der Waals surface area contributed by atoms with E-state index in [1.807, 2.05) is 6.92 Å². The van der Waals surface area contributed by atoms with Crippen LogP contribution in [0.3, 0.4) is 0 Å². The molecule has 0 atom stereocenters. The zero-order chi connectivity index (χ0) is 14.4. The molecule has 1 aromatic heterocycles. The Morgan fingerprint density at radius 1 is 1.24 bits per heavy atom. The molecular formula is C15H19ClN2OS2. The van der Waals surface area contributed by atoms with Crippen LogP contribution in [-0.2, 0) is 23.4 Å². The zero-order valence-electron chi connectivity index (χ0n) is 11.9. The van der Waals surface area contributed by atoms with Crippen LogP contribution in [0.5, 0.6) is 0 Å². The van der Waals surface area contributed by atoms with Crippen LogP contribution in [0.4, 0.5) is 0 Å². The smallest absolute Gasteiger partial charge is 0.202 e. The molecule has 2 rings (SSSR count). The average Bonchev–Trinajstić information content (AvgIpc) is 2.89. The Morgan fingerprint density at radius 2 is 1.90 bits per heavy atom. The van der Waals surface area contributed by atoms with Crippen molar-refractivity contribution < 1.29 is 4.79 Å². The monoisotopic (exact) mass is 342 g/mol.